The summed E-state index contributed by atoms with van der Waals surface area (Å²) < 4.78 is 15.1. The highest BCUT2D eigenvalue weighted by atomic mass is 32.2. The van der Waals surface area contributed by atoms with E-state index >= 15 is 0 Å². The van der Waals surface area contributed by atoms with E-state index in [0.717, 1.165) is 27.4 Å². The molecule has 0 N–H and O–H groups in total. The van der Waals surface area contributed by atoms with Crippen molar-refractivity contribution < 1.29 is 4.39 Å². The smallest absolute Gasteiger partial charge is 0.123 e. The van der Waals surface area contributed by atoms with Crippen molar-refractivity contribution in [2.24, 2.45) is 0 Å². The monoisotopic (exact) mass is 335 g/mol. The molecule has 0 saturated carbocycles. The number of thioether (sulfide) groups is 1. The first-order valence-electron chi connectivity index (χ1n) is 7.57. The summed E-state index contributed by atoms with van der Waals surface area (Å²) in [5, 5.41) is 5.50. The minimum absolute atomic E-state index is 0.213. The number of hydrogen-bond donors (Lipinski definition) is 0. The third kappa shape index (κ3) is 3.03. The highest BCUT2D eigenvalue weighted by Crippen LogP contribution is 2.28. The van der Waals surface area contributed by atoms with Crippen LogP contribution in [0.1, 0.15) is 5.56 Å². The van der Waals surface area contributed by atoms with E-state index in [1.807, 2.05) is 53.2 Å². The Morgan fingerprint density at radius 1 is 1.00 bits per heavy atom. The number of halogens is 1. The first kappa shape index (κ1) is 14.9. The molecule has 0 unspecified atom stereocenters. The molecule has 4 rings (SSSR count). The van der Waals surface area contributed by atoms with E-state index in [9.17, 15) is 4.39 Å². The number of hydrogen-bond acceptors (Lipinski definition) is 3. The predicted octanol–water partition coefficient (Wildman–Crippen LogP) is 4.83. The molecule has 0 spiro atoms. The maximum Gasteiger partial charge on any atom is 0.123 e. The standard InChI is InChI=1S/C19H14FN3S/c20-16-8-4-5-14(11-16)13-24-19-18-12-17(15-6-2-1-3-7-15)22-23(18)10-9-21-19/h1-12H,13H2. The Morgan fingerprint density at radius 2 is 1.88 bits per heavy atom. The molecule has 0 bridgehead atoms. The molecule has 0 amide bonds. The normalized spacial score (nSPS) is 11.0. The Bertz CT molecular complexity index is 982. The summed E-state index contributed by atoms with van der Waals surface area (Å²) in [6.07, 6.45) is 3.58. The summed E-state index contributed by atoms with van der Waals surface area (Å²) in [5.74, 6) is 0.450. The fourth-order valence-corrected chi connectivity index (χ4v) is 3.46. The van der Waals surface area contributed by atoms with Crippen LogP contribution in [0.2, 0.25) is 0 Å². The second kappa shape index (κ2) is 6.45. The largest absolute Gasteiger partial charge is 0.246 e. The van der Waals surface area contributed by atoms with Crippen molar-refractivity contribution in [3.63, 3.8) is 0 Å². The van der Waals surface area contributed by atoms with E-state index in [2.05, 4.69) is 10.1 Å². The van der Waals surface area contributed by atoms with Gasteiger partial charge in [0.15, 0.2) is 0 Å². The van der Waals surface area contributed by atoms with Crippen molar-refractivity contribution in [1.82, 2.24) is 14.6 Å². The summed E-state index contributed by atoms with van der Waals surface area (Å²) in [7, 11) is 0. The first-order valence-corrected chi connectivity index (χ1v) is 8.55. The van der Waals surface area contributed by atoms with Crippen LogP contribution in [0.4, 0.5) is 4.39 Å². The molecule has 0 aliphatic heterocycles. The second-order valence-corrected chi connectivity index (χ2v) is 6.34. The zero-order chi connectivity index (χ0) is 16.4. The fraction of sp³-hybridized carbons (Fsp3) is 0.0526. The van der Waals surface area contributed by atoms with Crippen LogP contribution in [0.5, 0.6) is 0 Å². The molecular formula is C19H14FN3S. The maximum atomic E-state index is 13.3. The van der Waals surface area contributed by atoms with Gasteiger partial charge < -0.3 is 0 Å². The average Bonchev–Trinajstić information content (AvgIpc) is 3.06. The molecule has 0 aliphatic rings. The van der Waals surface area contributed by atoms with Gasteiger partial charge in [-0.25, -0.2) is 13.9 Å². The van der Waals surface area contributed by atoms with Gasteiger partial charge in [0.25, 0.3) is 0 Å². The average molecular weight is 335 g/mol. The number of benzene rings is 2. The molecule has 3 nitrogen and oxygen atoms in total. The van der Waals surface area contributed by atoms with Crippen molar-refractivity contribution in [3.05, 3.63) is 84.4 Å². The molecule has 2 aromatic heterocycles. The Kier molecular flexibility index (Phi) is 4.01. The summed E-state index contributed by atoms with van der Waals surface area (Å²) in [5.41, 5.74) is 3.88. The third-order valence-electron chi connectivity index (χ3n) is 3.69. The van der Waals surface area contributed by atoms with Crippen LogP contribution in [0.25, 0.3) is 16.8 Å². The molecule has 0 saturated heterocycles. The van der Waals surface area contributed by atoms with Crippen LogP contribution < -0.4 is 0 Å². The minimum Gasteiger partial charge on any atom is -0.246 e. The predicted molar refractivity (Wildman–Crippen MR) is 94.4 cm³/mol. The maximum absolute atomic E-state index is 13.3. The Labute approximate surface area is 143 Å². The van der Waals surface area contributed by atoms with E-state index in [4.69, 9.17) is 0 Å². The number of aromatic nitrogens is 3. The van der Waals surface area contributed by atoms with Gasteiger partial charge in [0.05, 0.1) is 11.2 Å². The van der Waals surface area contributed by atoms with E-state index in [1.54, 1.807) is 30.1 Å². The van der Waals surface area contributed by atoms with E-state index < -0.39 is 0 Å². The molecule has 0 aliphatic carbocycles. The molecule has 24 heavy (non-hydrogen) atoms. The van der Waals surface area contributed by atoms with Gasteiger partial charge in [0.2, 0.25) is 0 Å². The van der Waals surface area contributed by atoms with E-state index in [1.165, 1.54) is 6.07 Å². The summed E-state index contributed by atoms with van der Waals surface area (Å²) in [6.45, 7) is 0. The minimum atomic E-state index is -0.213. The van der Waals surface area contributed by atoms with Crippen molar-refractivity contribution in [3.8, 4) is 11.3 Å². The van der Waals surface area contributed by atoms with Gasteiger partial charge in [-0.15, -0.1) is 0 Å². The van der Waals surface area contributed by atoms with Crippen LogP contribution in [-0.2, 0) is 5.75 Å². The van der Waals surface area contributed by atoms with Gasteiger partial charge in [-0.1, -0.05) is 54.2 Å². The fourth-order valence-electron chi connectivity index (χ4n) is 2.54. The van der Waals surface area contributed by atoms with Crippen LogP contribution >= 0.6 is 11.8 Å². The lowest BCUT2D eigenvalue weighted by atomic mass is 10.1. The summed E-state index contributed by atoms with van der Waals surface area (Å²) in [4.78, 5) is 4.46. The quantitative estimate of drug-likeness (QED) is 0.501. The van der Waals surface area contributed by atoms with Crippen LogP contribution in [0.3, 0.4) is 0 Å². The Hall–Kier alpha value is -2.66. The lowest BCUT2D eigenvalue weighted by Crippen LogP contribution is -1.91. The van der Waals surface area contributed by atoms with Crippen LogP contribution in [-0.4, -0.2) is 14.6 Å². The zero-order valence-electron chi connectivity index (χ0n) is 12.8. The van der Waals surface area contributed by atoms with Crippen LogP contribution in [0.15, 0.2) is 78.1 Å². The van der Waals surface area contributed by atoms with Crippen LogP contribution in [0, 0.1) is 5.82 Å². The molecule has 0 radical (unpaired) electrons. The van der Waals surface area contributed by atoms with Gasteiger partial charge in [-0.3, -0.25) is 0 Å². The van der Waals surface area contributed by atoms with E-state index in [-0.39, 0.29) is 5.82 Å². The molecule has 4 aromatic rings. The topological polar surface area (TPSA) is 30.2 Å². The number of nitrogens with zero attached hydrogens (tertiary/aromatic N) is 3. The van der Waals surface area contributed by atoms with Gasteiger partial charge in [0.1, 0.15) is 10.8 Å². The summed E-state index contributed by atoms with van der Waals surface area (Å²) >= 11 is 1.58. The van der Waals surface area contributed by atoms with Gasteiger partial charge in [0, 0.05) is 23.7 Å². The van der Waals surface area contributed by atoms with Crippen molar-refractivity contribution in [2.75, 3.05) is 0 Å². The number of fused-ring (bicyclic) bond motifs is 1. The van der Waals surface area contributed by atoms with Gasteiger partial charge in [-0.05, 0) is 23.8 Å². The highest BCUT2D eigenvalue weighted by Gasteiger charge is 2.09. The van der Waals surface area contributed by atoms with Gasteiger partial charge >= 0.3 is 0 Å². The molecule has 5 heteroatoms. The molecule has 0 atom stereocenters. The zero-order valence-corrected chi connectivity index (χ0v) is 13.6. The second-order valence-electron chi connectivity index (χ2n) is 5.38. The summed E-state index contributed by atoms with van der Waals surface area (Å²) in [6, 6.07) is 18.7. The SMILES string of the molecule is Fc1cccc(CSc2nccn3nc(-c4ccccc4)cc23)c1. The lowest BCUT2D eigenvalue weighted by molar-refractivity contribution is 0.626. The molecule has 0 fully saturated rings. The third-order valence-corrected chi connectivity index (χ3v) is 4.75. The number of rotatable bonds is 4. The van der Waals surface area contributed by atoms with Crippen molar-refractivity contribution in [2.45, 2.75) is 10.8 Å². The van der Waals surface area contributed by atoms with E-state index in [0.29, 0.717) is 5.75 Å². The van der Waals surface area contributed by atoms with Gasteiger partial charge in [-0.2, -0.15) is 5.10 Å². The van der Waals surface area contributed by atoms with Crippen molar-refractivity contribution in [1.29, 1.82) is 0 Å². The molecule has 2 aromatic carbocycles. The molecule has 118 valence electrons. The molecular weight excluding hydrogens is 321 g/mol. The highest BCUT2D eigenvalue weighted by molar-refractivity contribution is 7.98. The first-order chi connectivity index (χ1) is 11.8. The molecule has 2 heterocycles. The van der Waals surface area contributed by atoms with Crippen molar-refractivity contribution >= 4 is 17.3 Å². The Balaban J connectivity index is 1.65. The lowest BCUT2D eigenvalue weighted by Gasteiger charge is -2.03. The Morgan fingerprint density at radius 3 is 2.71 bits per heavy atom.